The van der Waals surface area contributed by atoms with Gasteiger partial charge in [-0.2, -0.15) is 0 Å². The molecule has 1 aliphatic carbocycles. The number of fused-ring (bicyclic) bond motifs is 1. The molecule has 3 aromatic rings. The lowest BCUT2D eigenvalue weighted by molar-refractivity contribution is -0.140. The molecule has 2 atom stereocenters. The maximum Gasteiger partial charge on any atom is 0.311 e. The summed E-state index contributed by atoms with van der Waals surface area (Å²) >= 11 is 6.51. The number of hydrogen-bond donors (Lipinski definition) is 2. The van der Waals surface area contributed by atoms with Gasteiger partial charge in [-0.1, -0.05) is 54.8 Å². The molecule has 2 heterocycles. The predicted octanol–water partition coefficient (Wildman–Crippen LogP) is 5.54. The number of carboxylic acids is 1. The molecule has 0 spiro atoms. The molecule has 1 saturated heterocycles. The van der Waals surface area contributed by atoms with E-state index in [2.05, 4.69) is 5.32 Å². The van der Waals surface area contributed by atoms with Gasteiger partial charge in [0.15, 0.2) is 0 Å². The highest BCUT2D eigenvalue weighted by Crippen LogP contribution is 2.39. The Morgan fingerprint density at radius 1 is 1.17 bits per heavy atom. The van der Waals surface area contributed by atoms with Gasteiger partial charge in [-0.3, -0.25) is 9.59 Å². The highest BCUT2D eigenvalue weighted by atomic mass is 35.5. The van der Waals surface area contributed by atoms with Crippen LogP contribution in [0.3, 0.4) is 0 Å². The predicted molar refractivity (Wildman–Crippen MR) is 136 cm³/mol. The van der Waals surface area contributed by atoms with Gasteiger partial charge in [0.05, 0.1) is 23.1 Å². The van der Waals surface area contributed by atoms with Crippen LogP contribution in [0.15, 0.2) is 42.5 Å². The Bertz CT molecular complexity index is 1270. The van der Waals surface area contributed by atoms with Gasteiger partial charge in [-0.15, -0.1) is 0 Å². The summed E-state index contributed by atoms with van der Waals surface area (Å²) in [5.41, 5.74) is 3.48. The summed E-state index contributed by atoms with van der Waals surface area (Å²) in [6.07, 6.45) is 4.75. The van der Waals surface area contributed by atoms with E-state index in [-0.39, 0.29) is 11.8 Å². The van der Waals surface area contributed by atoms with Gasteiger partial charge < -0.3 is 19.7 Å². The summed E-state index contributed by atoms with van der Waals surface area (Å²) in [6.45, 7) is 2.86. The third kappa shape index (κ3) is 4.23. The molecule has 1 amide bonds. The number of nitrogens with zero attached hydrogens (tertiary/aromatic N) is 1. The van der Waals surface area contributed by atoms with Crippen molar-refractivity contribution in [2.45, 2.75) is 50.5 Å². The van der Waals surface area contributed by atoms with Crippen molar-refractivity contribution >= 4 is 34.4 Å². The fourth-order valence-corrected chi connectivity index (χ4v) is 6.08. The second-order valence-electron chi connectivity index (χ2n) is 10.0. The van der Waals surface area contributed by atoms with E-state index in [9.17, 15) is 14.7 Å². The number of hydrogen-bond acceptors (Lipinski definition) is 3. The number of nitrogens with one attached hydrogen (secondary N) is 1. The number of aromatic nitrogens is 1. The summed E-state index contributed by atoms with van der Waals surface area (Å²) < 4.78 is 7.60. The normalized spacial score (nSPS) is 21.5. The second-order valence-corrected chi connectivity index (χ2v) is 10.4. The van der Waals surface area contributed by atoms with Gasteiger partial charge >= 0.3 is 5.97 Å². The highest BCUT2D eigenvalue weighted by Gasteiger charge is 2.39. The Labute approximate surface area is 210 Å². The summed E-state index contributed by atoms with van der Waals surface area (Å²) in [7, 11) is 1.87. The minimum Gasteiger partial charge on any atom is -0.481 e. The van der Waals surface area contributed by atoms with Crippen LogP contribution in [0.5, 0.6) is 0 Å². The molecular weight excluding hydrogens is 464 g/mol. The number of carbonyl (C=O) groups is 2. The number of amides is 1. The van der Waals surface area contributed by atoms with E-state index < -0.39 is 17.4 Å². The number of aliphatic carboxylic acids is 1. The molecule has 184 valence electrons. The molecule has 35 heavy (non-hydrogen) atoms. The zero-order valence-electron chi connectivity index (χ0n) is 20.1. The number of benzene rings is 2. The summed E-state index contributed by atoms with van der Waals surface area (Å²) in [6, 6.07) is 13.5. The van der Waals surface area contributed by atoms with Gasteiger partial charge in [0, 0.05) is 31.0 Å². The van der Waals surface area contributed by atoms with Crippen LogP contribution >= 0.6 is 11.6 Å². The number of aryl methyl sites for hydroxylation is 2. The van der Waals surface area contributed by atoms with Gasteiger partial charge in [0.2, 0.25) is 0 Å². The van der Waals surface area contributed by atoms with Crippen molar-refractivity contribution in [3.05, 3.63) is 69.9 Å². The van der Waals surface area contributed by atoms with E-state index in [4.69, 9.17) is 16.3 Å². The largest absolute Gasteiger partial charge is 0.481 e. The molecule has 1 saturated carbocycles. The van der Waals surface area contributed by atoms with Crippen LogP contribution in [0.4, 0.5) is 0 Å². The number of carboxylic acid groups (broad SMARTS) is 1. The van der Waals surface area contributed by atoms with Crippen molar-refractivity contribution < 1.29 is 19.4 Å². The maximum atomic E-state index is 13.5. The van der Waals surface area contributed by atoms with Crippen molar-refractivity contribution in [2.75, 3.05) is 13.2 Å². The van der Waals surface area contributed by atoms with E-state index >= 15 is 0 Å². The number of rotatable bonds is 6. The standard InChI is InChI=1S/C28H31ClN2O4/c1-17-7-12-22-21(25(17)29)15-23(31(22)2)26(32)30-28(13-14-35-16-28)20-10-8-19(9-11-20)24(27(33)34)18-5-3-4-6-18/h7-12,15,18,24H,3-6,13-14,16H2,1-2H3,(H,30,32)(H,33,34). The van der Waals surface area contributed by atoms with E-state index in [0.717, 1.165) is 53.3 Å². The molecule has 7 heteroatoms. The monoisotopic (exact) mass is 494 g/mol. The SMILES string of the molecule is Cc1ccc2c(cc(C(=O)NC3(c4ccc(C(C(=O)O)C5CCCC5)cc4)CCOC3)n2C)c1Cl. The van der Waals surface area contributed by atoms with Crippen molar-refractivity contribution in [3.8, 4) is 0 Å². The molecular formula is C28H31ClN2O4. The zero-order chi connectivity index (χ0) is 24.7. The lowest BCUT2D eigenvalue weighted by Crippen LogP contribution is -2.47. The smallest absolute Gasteiger partial charge is 0.311 e. The zero-order valence-corrected chi connectivity index (χ0v) is 20.9. The number of ether oxygens (including phenoxy) is 1. The average molecular weight is 495 g/mol. The molecule has 1 aliphatic heterocycles. The molecule has 5 rings (SSSR count). The van der Waals surface area contributed by atoms with Crippen LogP contribution in [-0.4, -0.2) is 34.8 Å². The maximum absolute atomic E-state index is 13.5. The summed E-state index contributed by atoms with van der Waals surface area (Å²) in [4.78, 5) is 25.6. The summed E-state index contributed by atoms with van der Waals surface area (Å²) in [5.74, 6) is -1.26. The number of halogens is 1. The van der Waals surface area contributed by atoms with Crippen molar-refractivity contribution in [1.82, 2.24) is 9.88 Å². The van der Waals surface area contributed by atoms with Crippen LogP contribution < -0.4 is 5.32 Å². The first-order valence-electron chi connectivity index (χ1n) is 12.3. The quantitative estimate of drug-likeness (QED) is 0.471. The number of carbonyl (C=O) groups excluding carboxylic acids is 1. The molecule has 0 radical (unpaired) electrons. The van der Waals surface area contributed by atoms with Gasteiger partial charge in [0.1, 0.15) is 5.69 Å². The molecule has 2 fully saturated rings. The Hall–Kier alpha value is -2.83. The Morgan fingerprint density at radius 3 is 2.51 bits per heavy atom. The second kappa shape index (κ2) is 9.32. The molecule has 1 aromatic heterocycles. The van der Waals surface area contributed by atoms with Crippen molar-refractivity contribution in [2.24, 2.45) is 13.0 Å². The average Bonchev–Trinajstić information content (AvgIpc) is 3.59. The van der Waals surface area contributed by atoms with Crippen LogP contribution in [0.2, 0.25) is 5.02 Å². The first-order valence-corrected chi connectivity index (χ1v) is 12.7. The first-order chi connectivity index (χ1) is 16.8. The lowest BCUT2D eigenvalue weighted by atomic mass is 9.82. The topological polar surface area (TPSA) is 80.6 Å². The van der Waals surface area contributed by atoms with Crippen LogP contribution in [-0.2, 0) is 22.1 Å². The third-order valence-electron chi connectivity index (χ3n) is 7.92. The fourth-order valence-electron chi connectivity index (χ4n) is 5.86. The minimum atomic E-state index is -0.762. The van der Waals surface area contributed by atoms with E-state index in [0.29, 0.717) is 30.4 Å². The van der Waals surface area contributed by atoms with Crippen molar-refractivity contribution in [1.29, 1.82) is 0 Å². The van der Waals surface area contributed by atoms with E-state index in [1.54, 1.807) is 0 Å². The Kier molecular flexibility index (Phi) is 6.36. The molecule has 2 aromatic carbocycles. The molecule has 6 nitrogen and oxygen atoms in total. The fraction of sp³-hybridized carbons (Fsp3) is 0.429. The first kappa shape index (κ1) is 23.9. The Morgan fingerprint density at radius 2 is 1.89 bits per heavy atom. The van der Waals surface area contributed by atoms with Crippen LogP contribution in [0, 0.1) is 12.8 Å². The van der Waals surface area contributed by atoms with Crippen LogP contribution in [0.25, 0.3) is 10.9 Å². The van der Waals surface area contributed by atoms with Gasteiger partial charge in [0.25, 0.3) is 5.91 Å². The van der Waals surface area contributed by atoms with Gasteiger partial charge in [-0.25, -0.2) is 0 Å². The summed E-state index contributed by atoms with van der Waals surface area (Å²) in [5, 5.41) is 14.6. The molecule has 2 aliphatic rings. The van der Waals surface area contributed by atoms with E-state index in [1.165, 1.54) is 0 Å². The van der Waals surface area contributed by atoms with Gasteiger partial charge in [-0.05, 0) is 54.5 Å². The molecule has 2 unspecified atom stereocenters. The lowest BCUT2D eigenvalue weighted by Gasteiger charge is -2.30. The molecule has 2 N–H and O–H groups in total. The van der Waals surface area contributed by atoms with Crippen LogP contribution in [0.1, 0.15) is 65.2 Å². The molecule has 0 bridgehead atoms. The Balaban J connectivity index is 1.44. The minimum absolute atomic E-state index is 0.184. The van der Waals surface area contributed by atoms with E-state index in [1.807, 2.05) is 61.0 Å². The highest BCUT2D eigenvalue weighted by molar-refractivity contribution is 6.36. The third-order valence-corrected chi connectivity index (χ3v) is 8.42. The van der Waals surface area contributed by atoms with Crippen molar-refractivity contribution in [3.63, 3.8) is 0 Å².